The van der Waals surface area contributed by atoms with Crippen molar-refractivity contribution in [3.8, 4) is 5.13 Å². The van der Waals surface area contributed by atoms with Crippen LogP contribution in [0.15, 0.2) is 29.6 Å². The number of nitrogens with one attached hydrogen (secondary N) is 1. The van der Waals surface area contributed by atoms with E-state index in [0.717, 1.165) is 35.8 Å². The molecule has 0 saturated heterocycles. The van der Waals surface area contributed by atoms with Gasteiger partial charge in [0.2, 0.25) is 11.0 Å². The molecule has 5 nitrogen and oxygen atoms in total. The van der Waals surface area contributed by atoms with Crippen molar-refractivity contribution in [1.29, 1.82) is 0 Å². The van der Waals surface area contributed by atoms with Crippen LogP contribution in [-0.2, 0) is 17.6 Å². The van der Waals surface area contributed by atoms with Crippen molar-refractivity contribution >= 4 is 22.9 Å². The molecule has 2 heterocycles. The molecule has 142 valence electrons. The van der Waals surface area contributed by atoms with Crippen LogP contribution in [0.1, 0.15) is 42.4 Å². The van der Waals surface area contributed by atoms with Crippen molar-refractivity contribution in [2.24, 2.45) is 0 Å². The first-order valence-corrected chi connectivity index (χ1v) is 9.91. The van der Waals surface area contributed by atoms with Crippen LogP contribution in [0, 0.1) is 19.7 Å². The minimum Gasteiger partial charge on any atom is -0.323 e. The summed E-state index contributed by atoms with van der Waals surface area (Å²) < 4.78 is 15.5. The summed E-state index contributed by atoms with van der Waals surface area (Å²) in [6, 6.07) is 6.11. The number of nitrogens with zero attached hydrogens (tertiary/aromatic N) is 3. The van der Waals surface area contributed by atoms with Crippen LogP contribution in [0.5, 0.6) is 0 Å². The predicted octanol–water partition coefficient (Wildman–Crippen LogP) is 4.61. The lowest BCUT2D eigenvalue weighted by atomic mass is 10.1. The van der Waals surface area contributed by atoms with Gasteiger partial charge in [0.25, 0.3) is 0 Å². The zero-order valence-electron chi connectivity index (χ0n) is 15.8. The van der Waals surface area contributed by atoms with E-state index in [2.05, 4.69) is 29.2 Å². The van der Waals surface area contributed by atoms with E-state index in [-0.39, 0.29) is 18.0 Å². The van der Waals surface area contributed by atoms with Crippen LogP contribution in [0.3, 0.4) is 0 Å². The zero-order chi connectivity index (χ0) is 19.4. The fourth-order valence-corrected chi connectivity index (χ4v) is 3.80. The number of benzene rings is 1. The third-order valence-corrected chi connectivity index (χ3v) is 5.30. The molecule has 3 aromatic rings. The molecule has 0 saturated carbocycles. The van der Waals surface area contributed by atoms with Crippen LogP contribution < -0.4 is 5.32 Å². The Hall–Kier alpha value is -2.54. The number of unbranched alkanes of at least 4 members (excludes halogenated alkanes) is 1. The van der Waals surface area contributed by atoms with Gasteiger partial charge in [0.1, 0.15) is 5.82 Å². The molecule has 0 radical (unpaired) electrons. The highest BCUT2D eigenvalue weighted by molar-refractivity contribution is 7.12. The predicted molar refractivity (Wildman–Crippen MR) is 106 cm³/mol. The molecule has 7 heteroatoms. The largest absolute Gasteiger partial charge is 0.323 e. The lowest BCUT2D eigenvalue weighted by molar-refractivity contribution is -0.115. The van der Waals surface area contributed by atoms with Gasteiger partial charge in [-0.1, -0.05) is 25.5 Å². The number of hydrogen-bond acceptors (Lipinski definition) is 4. The van der Waals surface area contributed by atoms with E-state index in [1.807, 2.05) is 17.0 Å². The first-order chi connectivity index (χ1) is 13.0. The Bertz CT molecular complexity index is 947. The van der Waals surface area contributed by atoms with Gasteiger partial charge in [0, 0.05) is 11.1 Å². The van der Waals surface area contributed by atoms with E-state index in [1.54, 1.807) is 12.1 Å². The number of aromatic nitrogens is 3. The maximum absolute atomic E-state index is 13.6. The lowest BCUT2D eigenvalue weighted by Crippen LogP contribution is -2.15. The fourth-order valence-electron chi connectivity index (χ4n) is 2.97. The normalized spacial score (nSPS) is 11.0. The molecule has 0 bridgehead atoms. The highest BCUT2D eigenvalue weighted by Crippen LogP contribution is 2.22. The number of carbonyl (C=O) groups is 1. The summed E-state index contributed by atoms with van der Waals surface area (Å²) >= 11 is 1.45. The number of hydrogen-bond donors (Lipinski definition) is 1. The maximum atomic E-state index is 13.6. The number of carbonyl (C=O) groups excluding carboxylic acids is 1. The Balaban J connectivity index is 1.72. The maximum Gasteiger partial charge on any atom is 0.230 e. The second-order valence-corrected chi connectivity index (χ2v) is 7.33. The zero-order valence-corrected chi connectivity index (χ0v) is 16.6. The summed E-state index contributed by atoms with van der Waals surface area (Å²) in [5.74, 6) is -0.749. The molecular formula is C20H23FN4OS. The average Bonchev–Trinajstić information content (AvgIpc) is 3.20. The van der Waals surface area contributed by atoms with Crippen LogP contribution in [0.4, 0.5) is 10.1 Å². The molecule has 0 aliphatic rings. The Morgan fingerprint density at radius 1 is 1.30 bits per heavy atom. The molecule has 27 heavy (non-hydrogen) atoms. The van der Waals surface area contributed by atoms with Gasteiger partial charge in [-0.05, 0) is 44.4 Å². The van der Waals surface area contributed by atoms with Crippen molar-refractivity contribution in [2.75, 3.05) is 5.32 Å². The highest BCUT2D eigenvalue weighted by Gasteiger charge is 2.16. The Labute approximate surface area is 162 Å². The number of amides is 1. The molecule has 0 aliphatic carbocycles. The minimum atomic E-state index is -0.452. The highest BCUT2D eigenvalue weighted by atomic mass is 32.1. The molecule has 0 atom stereocenters. The van der Waals surface area contributed by atoms with Crippen LogP contribution >= 0.6 is 11.3 Å². The SMILES string of the molecule is CCCCc1c(C)nn(-c2nc(CC(=O)Nc3ccccc3F)cs2)c1C. The third-order valence-electron chi connectivity index (χ3n) is 4.43. The Morgan fingerprint density at radius 3 is 2.81 bits per heavy atom. The molecule has 0 spiro atoms. The standard InChI is InChI=1S/C20H23FN4OS/c1-4-5-8-16-13(2)24-25(14(16)3)20-22-15(12-27-20)11-19(26)23-18-10-7-6-9-17(18)21/h6-7,9-10,12H,4-5,8,11H2,1-3H3,(H,23,26). The van der Waals surface area contributed by atoms with Crippen molar-refractivity contribution in [3.63, 3.8) is 0 Å². The van der Waals surface area contributed by atoms with E-state index in [9.17, 15) is 9.18 Å². The third kappa shape index (κ3) is 4.42. The summed E-state index contributed by atoms with van der Waals surface area (Å²) in [5.41, 5.74) is 4.21. The van der Waals surface area contributed by atoms with Gasteiger partial charge in [0.05, 0.1) is 23.5 Å². The molecule has 2 aromatic heterocycles. The molecule has 0 aliphatic heterocycles. The van der Waals surface area contributed by atoms with Gasteiger partial charge in [-0.3, -0.25) is 4.79 Å². The summed E-state index contributed by atoms with van der Waals surface area (Å²) in [6.45, 7) is 6.25. The van der Waals surface area contributed by atoms with E-state index in [0.29, 0.717) is 5.69 Å². The molecule has 1 aromatic carbocycles. The van der Waals surface area contributed by atoms with Crippen LogP contribution in [0.2, 0.25) is 0 Å². The van der Waals surface area contributed by atoms with E-state index in [1.165, 1.54) is 29.0 Å². The van der Waals surface area contributed by atoms with Gasteiger partial charge >= 0.3 is 0 Å². The number of halogens is 1. The first-order valence-electron chi connectivity index (χ1n) is 9.03. The number of aryl methyl sites for hydroxylation is 1. The van der Waals surface area contributed by atoms with E-state index < -0.39 is 5.82 Å². The Kier molecular flexibility index (Phi) is 6.01. The van der Waals surface area contributed by atoms with E-state index >= 15 is 0 Å². The molecule has 0 fully saturated rings. The second-order valence-electron chi connectivity index (χ2n) is 6.49. The van der Waals surface area contributed by atoms with E-state index in [4.69, 9.17) is 0 Å². The van der Waals surface area contributed by atoms with Gasteiger partial charge in [-0.15, -0.1) is 11.3 Å². The summed E-state index contributed by atoms with van der Waals surface area (Å²) in [4.78, 5) is 16.7. The fraction of sp³-hybridized carbons (Fsp3) is 0.350. The number of thiazole rings is 1. The van der Waals surface area contributed by atoms with Crippen LogP contribution in [0.25, 0.3) is 5.13 Å². The first kappa shape index (κ1) is 19.2. The van der Waals surface area contributed by atoms with Crippen molar-refractivity contribution in [3.05, 3.63) is 58.1 Å². The lowest BCUT2D eigenvalue weighted by Gasteiger charge is -2.04. The number of anilines is 1. The average molecular weight is 386 g/mol. The summed E-state index contributed by atoms with van der Waals surface area (Å²) in [7, 11) is 0. The summed E-state index contributed by atoms with van der Waals surface area (Å²) in [6.07, 6.45) is 3.37. The monoisotopic (exact) mass is 386 g/mol. The van der Waals surface area contributed by atoms with Gasteiger partial charge in [-0.25, -0.2) is 14.1 Å². The van der Waals surface area contributed by atoms with Gasteiger partial charge in [0.15, 0.2) is 0 Å². The molecular weight excluding hydrogens is 363 g/mol. The van der Waals surface area contributed by atoms with Crippen molar-refractivity contribution in [2.45, 2.75) is 46.5 Å². The smallest absolute Gasteiger partial charge is 0.230 e. The van der Waals surface area contributed by atoms with Crippen molar-refractivity contribution in [1.82, 2.24) is 14.8 Å². The minimum absolute atomic E-state index is 0.0901. The molecule has 0 unspecified atom stereocenters. The van der Waals surface area contributed by atoms with Crippen molar-refractivity contribution < 1.29 is 9.18 Å². The van der Waals surface area contributed by atoms with Crippen LogP contribution in [-0.4, -0.2) is 20.7 Å². The Morgan fingerprint density at radius 2 is 2.07 bits per heavy atom. The number of para-hydroxylation sites is 1. The van der Waals surface area contributed by atoms with Gasteiger partial charge in [-0.2, -0.15) is 5.10 Å². The summed E-state index contributed by atoms with van der Waals surface area (Å²) in [5, 5.41) is 9.79. The topological polar surface area (TPSA) is 59.8 Å². The molecule has 1 amide bonds. The van der Waals surface area contributed by atoms with Gasteiger partial charge < -0.3 is 5.32 Å². The number of rotatable bonds is 7. The molecule has 1 N–H and O–H groups in total. The quantitative estimate of drug-likeness (QED) is 0.645. The molecule has 3 rings (SSSR count). The second kappa shape index (κ2) is 8.43.